The van der Waals surface area contributed by atoms with Gasteiger partial charge in [-0.2, -0.15) is 0 Å². The third-order valence-electron chi connectivity index (χ3n) is 4.73. The molecule has 0 aliphatic rings. The average molecular weight is 432 g/mol. The molecule has 0 bridgehead atoms. The van der Waals surface area contributed by atoms with Crippen molar-refractivity contribution in [1.29, 1.82) is 0 Å². The van der Waals surface area contributed by atoms with E-state index in [-0.39, 0.29) is 22.5 Å². The molecule has 0 aliphatic heterocycles. The molecule has 0 atom stereocenters. The summed E-state index contributed by atoms with van der Waals surface area (Å²) in [4.78, 5) is 21.9. The summed E-state index contributed by atoms with van der Waals surface area (Å²) in [6.45, 7) is 0. The Morgan fingerprint density at radius 3 is 1.38 bits per heavy atom. The Morgan fingerprint density at radius 1 is 0.625 bits per heavy atom. The highest BCUT2D eigenvalue weighted by Gasteiger charge is 2.22. The lowest BCUT2D eigenvalue weighted by Gasteiger charge is -2.06. The van der Waals surface area contributed by atoms with Crippen molar-refractivity contribution in [2.45, 2.75) is 0 Å². The van der Waals surface area contributed by atoms with Gasteiger partial charge in [0.25, 0.3) is 11.4 Å². The zero-order valence-corrected chi connectivity index (χ0v) is 17.4. The molecule has 162 valence electrons. The maximum absolute atomic E-state index is 11.6. The molecule has 0 aliphatic carbocycles. The van der Waals surface area contributed by atoms with Gasteiger partial charge < -0.3 is 9.47 Å². The molecule has 0 spiro atoms. The molecule has 0 N–H and O–H groups in total. The summed E-state index contributed by atoms with van der Waals surface area (Å²) >= 11 is 0. The molecule has 8 heteroatoms. The summed E-state index contributed by atoms with van der Waals surface area (Å²) in [5.41, 5.74) is 1.16. The van der Waals surface area contributed by atoms with E-state index in [4.69, 9.17) is 9.47 Å². The van der Waals surface area contributed by atoms with Crippen molar-refractivity contribution >= 4 is 35.7 Å². The Labute approximate surface area is 184 Å². The van der Waals surface area contributed by atoms with Crippen LogP contribution in [-0.4, -0.2) is 24.1 Å². The molecule has 0 fully saturated rings. The van der Waals surface area contributed by atoms with Gasteiger partial charge in [-0.3, -0.25) is 20.2 Å². The highest BCUT2D eigenvalue weighted by Crippen LogP contribution is 2.33. The van der Waals surface area contributed by atoms with Crippen LogP contribution in [0.2, 0.25) is 0 Å². The van der Waals surface area contributed by atoms with Crippen molar-refractivity contribution in [3.05, 3.63) is 103 Å². The molecular formula is C24H20N2O6. The number of nitrogens with zero attached hydrogens (tertiary/aromatic N) is 2. The number of nitro groups is 2. The van der Waals surface area contributed by atoms with E-state index in [1.54, 1.807) is 48.6 Å². The van der Waals surface area contributed by atoms with Crippen LogP contribution in [-0.2, 0) is 0 Å². The summed E-state index contributed by atoms with van der Waals surface area (Å²) in [5, 5.41) is 23.2. The zero-order valence-electron chi connectivity index (χ0n) is 17.4. The Kier molecular flexibility index (Phi) is 6.97. The second-order valence-corrected chi connectivity index (χ2v) is 6.63. The molecule has 8 nitrogen and oxygen atoms in total. The van der Waals surface area contributed by atoms with Crippen LogP contribution in [0.15, 0.2) is 60.7 Å². The monoisotopic (exact) mass is 432 g/mol. The second-order valence-electron chi connectivity index (χ2n) is 6.63. The summed E-state index contributed by atoms with van der Waals surface area (Å²) < 4.78 is 10.6. The SMILES string of the molecule is COc1ccccc1C=Cc1cc(C=Cc2ccccc2OC)c([N+](=O)[O-])cc1[N+](=O)[O-]. The van der Waals surface area contributed by atoms with E-state index in [2.05, 4.69) is 0 Å². The van der Waals surface area contributed by atoms with E-state index in [0.29, 0.717) is 22.6 Å². The van der Waals surface area contributed by atoms with Crippen molar-refractivity contribution in [3.8, 4) is 11.5 Å². The van der Waals surface area contributed by atoms with Gasteiger partial charge in [0.2, 0.25) is 0 Å². The molecule has 0 saturated heterocycles. The Balaban J connectivity index is 2.11. The molecule has 0 amide bonds. The van der Waals surface area contributed by atoms with E-state index in [1.165, 1.54) is 20.3 Å². The highest BCUT2D eigenvalue weighted by molar-refractivity contribution is 5.83. The number of ether oxygens (including phenoxy) is 2. The van der Waals surface area contributed by atoms with Gasteiger partial charge in [-0.05, 0) is 30.4 Å². The number of nitro benzene ring substituents is 2. The van der Waals surface area contributed by atoms with E-state index < -0.39 is 9.85 Å². The topological polar surface area (TPSA) is 105 Å². The summed E-state index contributed by atoms with van der Waals surface area (Å²) in [6, 6.07) is 16.8. The fourth-order valence-electron chi connectivity index (χ4n) is 3.16. The summed E-state index contributed by atoms with van der Waals surface area (Å²) in [7, 11) is 3.06. The smallest absolute Gasteiger partial charge is 0.283 e. The number of benzene rings is 3. The maximum atomic E-state index is 11.6. The molecule has 0 saturated carbocycles. The standard InChI is InChI=1S/C24H20N2O6/c1-31-23-9-5-3-7-17(23)11-13-19-15-20(22(26(29)30)16-21(19)25(27)28)14-12-18-8-4-6-10-24(18)32-2/h3-16H,1-2H3. The number of para-hydroxylation sites is 2. The fraction of sp³-hybridized carbons (Fsp3) is 0.0833. The quantitative estimate of drug-likeness (QED) is 0.251. The van der Waals surface area contributed by atoms with Gasteiger partial charge in [0.05, 0.1) is 41.3 Å². The summed E-state index contributed by atoms with van der Waals surface area (Å²) in [5.74, 6) is 1.20. The first-order valence-corrected chi connectivity index (χ1v) is 9.53. The molecule has 3 aromatic rings. The van der Waals surface area contributed by atoms with Crippen molar-refractivity contribution in [2.75, 3.05) is 14.2 Å². The first-order valence-electron chi connectivity index (χ1n) is 9.53. The van der Waals surface area contributed by atoms with Crippen LogP contribution >= 0.6 is 0 Å². The van der Waals surface area contributed by atoms with Gasteiger partial charge in [0, 0.05) is 11.1 Å². The van der Waals surface area contributed by atoms with Crippen LogP contribution in [0, 0.1) is 20.2 Å². The lowest BCUT2D eigenvalue weighted by molar-refractivity contribution is -0.394. The Bertz CT molecular complexity index is 1130. The first kappa shape index (κ1) is 22.2. The number of rotatable bonds is 8. The van der Waals surface area contributed by atoms with Gasteiger partial charge in [-0.25, -0.2) is 0 Å². The van der Waals surface area contributed by atoms with Crippen LogP contribution in [0.3, 0.4) is 0 Å². The first-order chi connectivity index (χ1) is 15.4. The minimum Gasteiger partial charge on any atom is -0.496 e. The minimum absolute atomic E-state index is 0.228. The number of hydrogen-bond donors (Lipinski definition) is 0. The van der Waals surface area contributed by atoms with Crippen LogP contribution in [0.1, 0.15) is 22.3 Å². The average Bonchev–Trinajstić information content (AvgIpc) is 2.81. The molecule has 3 aromatic carbocycles. The van der Waals surface area contributed by atoms with E-state index in [9.17, 15) is 20.2 Å². The molecule has 0 unspecified atom stereocenters. The van der Waals surface area contributed by atoms with Crippen molar-refractivity contribution in [1.82, 2.24) is 0 Å². The minimum atomic E-state index is -0.636. The third kappa shape index (κ3) is 4.99. The molecule has 3 rings (SSSR count). The van der Waals surface area contributed by atoms with E-state index >= 15 is 0 Å². The highest BCUT2D eigenvalue weighted by atomic mass is 16.6. The lowest BCUT2D eigenvalue weighted by Crippen LogP contribution is -1.98. The fourth-order valence-corrected chi connectivity index (χ4v) is 3.16. The van der Waals surface area contributed by atoms with Gasteiger partial charge >= 0.3 is 0 Å². The molecule has 0 heterocycles. The van der Waals surface area contributed by atoms with Crippen LogP contribution in [0.5, 0.6) is 11.5 Å². The normalized spacial score (nSPS) is 11.1. The predicted molar refractivity (Wildman–Crippen MR) is 124 cm³/mol. The number of hydrogen-bond acceptors (Lipinski definition) is 6. The van der Waals surface area contributed by atoms with Crippen molar-refractivity contribution in [2.24, 2.45) is 0 Å². The Morgan fingerprint density at radius 2 is 1.00 bits per heavy atom. The Hall–Kier alpha value is -4.46. The van der Waals surface area contributed by atoms with Crippen LogP contribution < -0.4 is 9.47 Å². The number of methoxy groups -OCH3 is 2. The molecule has 0 aromatic heterocycles. The van der Waals surface area contributed by atoms with Crippen LogP contribution in [0.25, 0.3) is 24.3 Å². The molecule has 0 radical (unpaired) electrons. The summed E-state index contributed by atoms with van der Waals surface area (Å²) in [6.07, 6.45) is 6.42. The van der Waals surface area contributed by atoms with Gasteiger partial charge in [-0.1, -0.05) is 48.6 Å². The maximum Gasteiger partial charge on any atom is 0.283 e. The lowest BCUT2D eigenvalue weighted by atomic mass is 10.0. The predicted octanol–water partition coefficient (Wildman–Crippen LogP) is 5.86. The molecule has 32 heavy (non-hydrogen) atoms. The largest absolute Gasteiger partial charge is 0.496 e. The van der Waals surface area contributed by atoms with Crippen LogP contribution in [0.4, 0.5) is 11.4 Å². The van der Waals surface area contributed by atoms with E-state index in [1.807, 2.05) is 24.3 Å². The second kappa shape index (κ2) is 10.0. The van der Waals surface area contributed by atoms with Crippen molar-refractivity contribution in [3.63, 3.8) is 0 Å². The van der Waals surface area contributed by atoms with Gasteiger partial charge in [0.15, 0.2) is 0 Å². The van der Waals surface area contributed by atoms with Gasteiger partial charge in [0.1, 0.15) is 11.5 Å². The molecular weight excluding hydrogens is 412 g/mol. The zero-order chi connectivity index (χ0) is 23.1. The third-order valence-corrected chi connectivity index (χ3v) is 4.73. The van der Waals surface area contributed by atoms with Gasteiger partial charge in [-0.15, -0.1) is 0 Å². The van der Waals surface area contributed by atoms with E-state index in [0.717, 1.165) is 6.07 Å². The van der Waals surface area contributed by atoms with Crippen molar-refractivity contribution < 1.29 is 19.3 Å².